The second-order valence-electron chi connectivity index (χ2n) is 3.36. The fourth-order valence-corrected chi connectivity index (χ4v) is 1.02. The molecule has 3 N–H and O–H groups in total. The maximum atomic E-state index is 11.3. The van der Waals surface area contributed by atoms with E-state index in [0.29, 0.717) is 0 Å². The van der Waals surface area contributed by atoms with E-state index >= 15 is 0 Å². The Morgan fingerprint density at radius 1 is 1.47 bits per heavy atom. The van der Waals surface area contributed by atoms with E-state index in [9.17, 15) is 4.79 Å². The molecule has 1 aromatic rings. The van der Waals surface area contributed by atoms with Crippen LogP contribution in [0.2, 0.25) is 0 Å². The van der Waals surface area contributed by atoms with E-state index < -0.39 is 18.1 Å². The Labute approximate surface area is 88.7 Å². The molecule has 1 aromatic carbocycles. The highest BCUT2D eigenvalue weighted by molar-refractivity contribution is 5.76. The van der Waals surface area contributed by atoms with Gasteiger partial charge in [0.15, 0.2) is 0 Å². The molecule has 15 heavy (non-hydrogen) atoms. The van der Waals surface area contributed by atoms with Crippen molar-refractivity contribution in [2.24, 2.45) is 5.73 Å². The molecule has 0 aliphatic rings. The molecule has 0 aliphatic heterocycles. The number of aliphatic hydroxyl groups is 1. The molecule has 1 rings (SSSR count). The van der Waals surface area contributed by atoms with E-state index in [-0.39, 0.29) is 6.61 Å². The highest BCUT2D eigenvalue weighted by Gasteiger charge is 2.19. The molecule has 4 nitrogen and oxygen atoms in total. The van der Waals surface area contributed by atoms with Crippen LogP contribution in [0.4, 0.5) is 0 Å². The summed E-state index contributed by atoms with van der Waals surface area (Å²) in [6.45, 7) is 1.63. The molecular weight excluding hydrogens is 194 g/mol. The minimum atomic E-state index is -0.978. The highest BCUT2D eigenvalue weighted by atomic mass is 16.5. The largest absolute Gasteiger partial charge is 0.460 e. The molecule has 0 saturated heterocycles. The van der Waals surface area contributed by atoms with Gasteiger partial charge in [-0.05, 0) is 12.5 Å². The van der Waals surface area contributed by atoms with Crippen LogP contribution in [0.3, 0.4) is 0 Å². The summed E-state index contributed by atoms with van der Waals surface area (Å²) in [5.41, 5.74) is 6.29. The molecule has 82 valence electrons. The van der Waals surface area contributed by atoms with Gasteiger partial charge in [-0.3, -0.25) is 4.79 Å². The summed E-state index contributed by atoms with van der Waals surface area (Å²) in [5, 5.41) is 9.06. The normalized spacial score (nSPS) is 14.3. The quantitative estimate of drug-likeness (QED) is 0.706. The van der Waals surface area contributed by atoms with E-state index in [1.807, 2.05) is 30.3 Å². The number of esters is 1. The molecule has 0 aliphatic carbocycles. The lowest BCUT2D eigenvalue weighted by Gasteiger charge is -2.13. The summed E-state index contributed by atoms with van der Waals surface area (Å²) in [7, 11) is 0. The van der Waals surface area contributed by atoms with Crippen LogP contribution in [0.1, 0.15) is 12.5 Å². The molecule has 0 radical (unpaired) electrons. The number of rotatable bonds is 4. The molecule has 0 saturated carbocycles. The predicted molar refractivity (Wildman–Crippen MR) is 55.9 cm³/mol. The minimum absolute atomic E-state index is 0.181. The van der Waals surface area contributed by atoms with Gasteiger partial charge in [-0.15, -0.1) is 0 Å². The van der Waals surface area contributed by atoms with Crippen LogP contribution in [0.15, 0.2) is 30.3 Å². The second-order valence-corrected chi connectivity index (χ2v) is 3.36. The van der Waals surface area contributed by atoms with Gasteiger partial charge in [0.05, 0.1) is 6.10 Å². The maximum absolute atomic E-state index is 11.3. The van der Waals surface area contributed by atoms with Gasteiger partial charge in [-0.25, -0.2) is 0 Å². The topological polar surface area (TPSA) is 72.5 Å². The Bertz CT molecular complexity index is 311. The average molecular weight is 209 g/mol. The SMILES string of the molecule is C[C@H](O)[C@@H](N)C(=O)OCc1ccccc1. The smallest absolute Gasteiger partial charge is 0.325 e. The summed E-state index contributed by atoms with van der Waals surface area (Å²) in [5.74, 6) is -0.589. The Kier molecular flexibility index (Phi) is 4.27. The van der Waals surface area contributed by atoms with Crippen molar-refractivity contribution >= 4 is 5.97 Å². The first kappa shape index (κ1) is 11.7. The van der Waals surface area contributed by atoms with Gasteiger partial charge < -0.3 is 15.6 Å². The molecule has 0 bridgehead atoms. The van der Waals surface area contributed by atoms with Crippen molar-refractivity contribution in [3.63, 3.8) is 0 Å². The van der Waals surface area contributed by atoms with E-state index in [2.05, 4.69) is 0 Å². The predicted octanol–water partition coefficient (Wildman–Crippen LogP) is 0.438. The van der Waals surface area contributed by atoms with Crippen molar-refractivity contribution in [2.75, 3.05) is 0 Å². The number of benzene rings is 1. The van der Waals surface area contributed by atoms with Gasteiger partial charge in [0.2, 0.25) is 0 Å². The molecule has 0 aromatic heterocycles. The van der Waals surface area contributed by atoms with Crippen LogP contribution < -0.4 is 5.73 Å². The van der Waals surface area contributed by atoms with Crippen LogP contribution in [0.5, 0.6) is 0 Å². The third kappa shape index (κ3) is 3.69. The molecule has 0 amide bonds. The molecule has 0 spiro atoms. The molecule has 0 unspecified atom stereocenters. The van der Waals surface area contributed by atoms with Crippen molar-refractivity contribution < 1.29 is 14.6 Å². The van der Waals surface area contributed by atoms with E-state index in [1.165, 1.54) is 6.92 Å². The van der Waals surface area contributed by atoms with Gasteiger partial charge in [0.25, 0.3) is 0 Å². The van der Waals surface area contributed by atoms with Gasteiger partial charge in [0.1, 0.15) is 12.6 Å². The first-order valence-corrected chi connectivity index (χ1v) is 4.75. The summed E-state index contributed by atoms with van der Waals surface area (Å²) >= 11 is 0. The third-order valence-corrected chi connectivity index (χ3v) is 2.02. The average Bonchev–Trinajstić information content (AvgIpc) is 2.26. The lowest BCUT2D eigenvalue weighted by molar-refractivity contribution is -0.149. The Hall–Kier alpha value is -1.39. The fraction of sp³-hybridized carbons (Fsp3) is 0.364. The van der Waals surface area contributed by atoms with Crippen LogP contribution in [-0.4, -0.2) is 23.2 Å². The number of nitrogens with two attached hydrogens (primary N) is 1. The zero-order valence-corrected chi connectivity index (χ0v) is 8.59. The van der Waals surface area contributed by atoms with Gasteiger partial charge >= 0.3 is 5.97 Å². The fourth-order valence-electron chi connectivity index (χ4n) is 1.02. The number of hydrogen-bond acceptors (Lipinski definition) is 4. The summed E-state index contributed by atoms with van der Waals surface area (Å²) in [4.78, 5) is 11.3. The van der Waals surface area contributed by atoms with Gasteiger partial charge in [-0.2, -0.15) is 0 Å². The van der Waals surface area contributed by atoms with Crippen molar-refractivity contribution in [1.29, 1.82) is 0 Å². The third-order valence-electron chi connectivity index (χ3n) is 2.02. The maximum Gasteiger partial charge on any atom is 0.325 e. The van der Waals surface area contributed by atoms with E-state index in [1.54, 1.807) is 0 Å². The summed E-state index contributed by atoms with van der Waals surface area (Å²) in [6, 6.07) is 8.32. The molecule has 2 atom stereocenters. The van der Waals surface area contributed by atoms with Crippen molar-refractivity contribution in [2.45, 2.75) is 25.7 Å². The van der Waals surface area contributed by atoms with Crippen LogP contribution in [0.25, 0.3) is 0 Å². The van der Waals surface area contributed by atoms with Crippen molar-refractivity contribution in [3.8, 4) is 0 Å². The summed E-state index contributed by atoms with van der Waals surface area (Å²) < 4.78 is 4.93. The second kappa shape index (κ2) is 5.48. The zero-order valence-electron chi connectivity index (χ0n) is 8.59. The van der Waals surface area contributed by atoms with Gasteiger partial charge in [0, 0.05) is 0 Å². The lowest BCUT2D eigenvalue weighted by Crippen LogP contribution is -2.41. The van der Waals surface area contributed by atoms with Crippen molar-refractivity contribution in [1.82, 2.24) is 0 Å². The van der Waals surface area contributed by atoms with E-state index in [0.717, 1.165) is 5.56 Å². The van der Waals surface area contributed by atoms with Crippen LogP contribution in [-0.2, 0) is 16.1 Å². The number of aliphatic hydroxyl groups excluding tert-OH is 1. The standard InChI is InChI=1S/C11H15NO3/c1-8(13)10(12)11(14)15-7-9-5-3-2-4-6-9/h2-6,8,10,13H,7,12H2,1H3/t8-,10+/m0/s1. The van der Waals surface area contributed by atoms with Crippen LogP contribution in [0, 0.1) is 0 Å². The lowest BCUT2D eigenvalue weighted by atomic mass is 10.2. The highest BCUT2D eigenvalue weighted by Crippen LogP contribution is 2.02. The Morgan fingerprint density at radius 3 is 2.60 bits per heavy atom. The Balaban J connectivity index is 2.41. The number of carbonyl (C=O) groups is 1. The molecule has 0 fully saturated rings. The molecule has 4 heteroatoms. The van der Waals surface area contributed by atoms with E-state index in [4.69, 9.17) is 15.6 Å². The first-order valence-electron chi connectivity index (χ1n) is 4.75. The zero-order chi connectivity index (χ0) is 11.3. The molecular formula is C11H15NO3. The van der Waals surface area contributed by atoms with Crippen LogP contribution >= 0.6 is 0 Å². The van der Waals surface area contributed by atoms with Gasteiger partial charge in [-0.1, -0.05) is 30.3 Å². The number of ether oxygens (including phenoxy) is 1. The van der Waals surface area contributed by atoms with Crippen molar-refractivity contribution in [3.05, 3.63) is 35.9 Å². The monoisotopic (exact) mass is 209 g/mol. The summed E-state index contributed by atoms with van der Waals surface area (Å²) in [6.07, 6.45) is -0.895. The molecule has 0 heterocycles. The number of hydrogen-bond donors (Lipinski definition) is 2. The first-order chi connectivity index (χ1) is 7.11. The Morgan fingerprint density at radius 2 is 2.07 bits per heavy atom. The minimum Gasteiger partial charge on any atom is -0.460 e. The number of carbonyl (C=O) groups excluding carboxylic acids is 1.